The van der Waals surface area contributed by atoms with E-state index in [2.05, 4.69) is 22.1 Å². The Morgan fingerprint density at radius 2 is 1.93 bits per heavy atom. The van der Waals surface area contributed by atoms with E-state index in [1.165, 1.54) is 0 Å². The molecule has 1 heterocycles. The highest BCUT2D eigenvalue weighted by Crippen LogP contribution is 2.27. The molecule has 0 aliphatic rings. The second kappa shape index (κ2) is 12.0. The highest BCUT2D eigenvalue weighted by Gasteiger charge is 2.13. The predicted molar refractivity (Wildman–Crippen MR) is 102 cm³/mol. The maximum Gasteiger partial charge on any atom is 0.414 e. The number of aromatic nitrogens is 1. The van der Waals surface area contributed by atoms with Crippen molar-refractivity contribution in [2.24, 2.45) is 11.5 Å². The maximum absolute atomic E-state index is 10.5. The summed E-state index contributed by atoms with van der Waals surface area (Å²) in [5.41, 5.74) is 12.2. The first kappa shape index (κ1) is 23.5. The van der Waals surface area contributed by atoms with Crippen LogP contribution in [-0.4, -0.2) is 59.2 Å². The minimum absolute atomic E-state index is 0.0189. The first-order valence-corrected chi connectivity index (χ1v) is 8.64. The molecule has 7 N–H and O–H groups in total. The number of amides is 1. The van der Waals surface area contributed by atoms with Gasteiger partial charge in [0.1, 0.15) is 13.2 Å². The summed E-state index contributed by atoms with van der Waals surface area (Å²) < 4.78 is 15.4. The summed E-state index contributed by atoms with van der Waals surface area (Å²) >= 11 is 0. The highest BCUT2D eigenvalue weighted by atomic mass is 16.6. The van der Waals surface area contributed by atoms with Gasteiger partial charge < -0.3 is 41.0 Å². The van der Waals surface area contributed by atoms with Gasteiger partial charge in [-0.1, -0.05) is 13.3 Å². The molecular weight excluding hydrogens is 388 g/mol. The molecule has 0 aliphatic carbocycles. The van der Waals surface area contributed by atoms with E-state index in [4.69, 9.17) is 40.5 Å². The van der Waals surface area contributed by atoms with Crippen molar-refractivity contribution in [2.75, 3.05) is 25.1 Å². The van der Waals surface area contributed by atoms with Crippen LogP contribution in [-0.2, 0) is 14.3 Å². The number of nitrogens with two attached hydrogens (primary N) is 2. The molecule has 1 amide bonds. The van der Waals surface area contributed by atoms with Crippen LogP contribution in [0.5, 0.6) is 5.88 Å². The molecule has 1 unspecified atom stereocenters. The number of carboxylic acid groups (broad SMARTS) is 2. The molecule has 12 heteroatoms. The van der Waals surface area contributed by atoms with Gasteiger partial charge in [0.2, 0.25) is 0 Å². The van der Waals surface area contributed by atoms with Crippen molar-refractivity contribution in [2.45, 2.75) is 25.8 Å². The van der Waals surface area contributed by atoms with Crippen molar-refractivity contribution in [3.05, 3.63) is 18.2 Å². The SMILES string of the molecule is CCCCNc1ccc2onc(OCC(N)COC(N)=O)c2c1.O=C(O)C(=O)O. The highest BCUT2D eigenvalue weighted by molar-refractivity contribution is 6.27. The lowest BCUT2D eigenvalue weighted by Gasteiger charge is -2.11. The number of primary amides is 1. The number of carbonyl (C=O) groups excluding carboxylic acids is 1. The van der Waals surface area contributed by atoms with Gasteiger partial charge in [0.25, 0.3) is 5.88 Å². The Morgan fingerprint density at radius 1 is 1.24 bits per heavy atom. The van der Waals surface area contributed by atoms with E-state index in [0.29, 0.717) is 11.5 Å². The molecule has 0 spiro atoms. The molecule has 0 saturated heterocycles. The lowest BCUT2D eigenvalue weighted by molar-refractivity contribution is -0.159. The van der Waals surface area contributed by atoms with E-state index >= 15 is 0 Å². The van der Waals surface area contributed by atoms with E-state index in [9.17, 15) is 4.79 Å². The Kier molecular flexibility index (Phi) is 9.74. The fourth-order valence-corrected chi connectivity index (χ4v) is 1.96. The summed E-state index contributed by atoms with van der Waals surface area (Å²) in [5.74, 6) is -3.29. The molecule has 0 radical (unpaired) electrons. The van der Waals surface area contributed by atoms with Crippen molar-refractivity contribution in [1.29, 1.82) is 0 Å². The number of unbranched alkanes of at least 4 members (excludes halogenated alkanes) is 1. The van der Waals surface area contributed by atoms with Crippen molar-refractivity contribution in [3.63, 3.8) is 0 Å². The Balaban J connectivity index is 0.000000612. The number of hydrogen-bond donors (Lipinski definition) is 5. The summed E-state index contributed by atoms with van der Waals surface area (Å²) in [6, 6.07) is 5.18. The summed E-state index contributed by atoms with van der Waals surface area (Å²) in [6.07, 6.45) is 1.36. The number of nitrogens with zero attached hydrogens (tertiary/aromatic N) is 1. The van der Waals surface area contributed by atoms with E-state index in [-0.39, 0.29) is 13.2 Å². The third-order valence-corrected chi connectivity index (χ3v) is 3.35. The molecule has 1 aromatic carbocycles. The zero-order chi connectivity index (χ0) is 21.8. The molecule has 2 rings (SSSR count). The molecule has 12 nitrogen and oxygen atoms in total. The van der Waals surface area contributed by atoms with E-state index in [0.717, 1.165) is 30.5 Å². The third kappa shape index (κ3) is 8.79. The average molecular weight is 412 g/mol. The van der Waals surface area contributed by atoms with Crippen LogP contribution in [0.3, 0.4) is 0 Å². The van der Waals surface area contributed by atoms with Crippen LogP contribution < -0.4 is 21.5 Å². The summed E-state index contributed by atoms with van der Waals surface area (Å²) in [7, 11) is 0. The fourth-order valence-electron chi connectivity index (χ4n) is 1.96. The van der Waals surface area contributed by atoms with Crippen LogP contribution in [0.25, 0.3) is 11.0 Å². The first-order valence-electron chi connectivity index (χ1n) is 8.64. The second-order valence-corrected chi connectivity index (χ2v) is 5.79. The number of fused-ring (bicyclic) bond motifs is 1. The van der Waals surface area contributed by atoms with Gasteiger partial charge in [-0.25, -0.2) is 14.4 Å². The van der Waals surface area contributed by atoms with Gasteiger partial charge in [0.15, 0.2) is 5.58 Å². The monoisotopic (exact) mass is 412 g/mol. The molecule has 1 atom stereocenters. The average Bonchev–Trinajstić information content (AvgIpc) is 3.07. The zero-order valence-electron chi connectivity index (χ0n) is 15.8. The number of anilines is 1. The van der Waals surface area contributed by atoms with Crippen molar-refractivity contribution in [1.82, 2.24) is 5.16 Å². The van der Waals surface area contributed by atoms with Crippen LogP contribution >= 0.6 is 0 Å². The molecule has 29 heavy (non-hydrogen) atoms. The van der Waals surface area contributed by atoms with Gasteiger partial charge >= 0.3 is 18.0 Å². The molecular formula is C17H24N4O8. The molecule has 2 aromatic rings. The number of rotatable bonds is 9. The Labute approximate surface area is 165 Å². The van der Waals surface area contributed by atoms with Gasteiger partial charge in [-0.15, -0.1) is 0 Å². The van der Waals surface area contributed by atoms with Crippen molar-refractivity contribution >= 4 is 34.7 Å². The van der Waals surface area contributed by atoms with Gasteiger partial charge in [0, 0.05) is 12.2 Å². The van der Waals surface area contributed by atoms with Crippen LogP contribution in [0, 0.1) is 0 Å². The smallest absolute Gasteiger partial charge is 0.414 e. The van der Waals surface area contributed by atoms with Gasteiger partial charge in [0.05, 0.1) is 11.4 Å². The minimum atomic E-state index is -1.82. The Hall–Kier alpha value is -3.54. The Bertz CT molecular complexity index is 811. The second-order valence-electron chi connectivity index (χ2n) is 5.79. The number of benzene rings is 1. The van der Waals surface area contributed by atoms with Gasteiger partial charge in [-0.05, 0) is 29.8 Å². The number of carbonyl (C=O) groups is 3. The number of hydrogen-bond acceptors (Lipinski definition) is 9. The first-order chi connectivity index (χ1) is 13.7. The maximum atomic E-state index is 10.5. The van der Waals surface area contributed by atoms with Gasteiger partial charge in [-0.2, -0.15) is 0 Å². The number of ether oxygens (including phenoxy) is 2. The van der Waals surface area contributed by atoms with Crippen LogP contribution in [0.2, 0.25) is 0 Å². The summed E-state index contributed by atoms with van der Waals surface area (Å²) in [5, 5.41) is 22.8. The minimum Gasteiger partial charge on any atom is -0.473 e. The van der Waals surface area contributed by atoms with Crippen molar-refractivity contribution in [3.8, 4) is 5.88 Å². The van der Waals surface area contributed by atoms with Crippen LogP contribution in [0.1, 0.15) is 19.8 Å². The quantitative estimate of drug-likeness (QED) is 0.290. The molecule has 0 saturated carbocycles. The molecule has 0 fully saturated rings. The topological polar surface area (TPSA) is 200 Å². The van der Waals surface area contributed by atoms with E-state index < -0.39 is 24.1 Å². The molecule has 160 valence electrons. The standard InChI is InChI=1S/C15H22N4O4.C2H2O4/c1-2-3-6-18-11-4-5-13-12(7-11)14(19-23-13)21-8-10(16)9-22-15(17)20;3-1(4)2(5)6/h4-5,7,10,18H,2-3,6,8-9,16H2,1H3,(H2,17,20);(H,3,4)(H,5,6). The third-order valence-electron chi connectivity index (χ3n) is 3.35. The van der Waals surface area contributed by atoms with E-state index in [1.54, 1.807) is 0 Å². The largest absolute Gasteiger partial charge is 0.473 e. The van der Waals surface area contributed by atoms with E-state index in [1.807, 2.05) is 18.2 Å². The Morgan fingerprint density at radius 3 is 2.52 bits per heavy atom. The summed E-state index contributed by atoms with van der Waals surface area (Å²) in [6.45, 7) is 3.15. The van der Waals surface area contributed by atoms with Gasteiger partial charge in [-0.3, -0.25) is 0 Å². The lowest BCUT2D eigenvalue weighted by atomic mass is 10.2. The predicted octanol–water partition coefficient (Wildman–Crippen LogP) is 0.997. The molecule has 1 aromatic heterocycles. The number of nitrogens with one attached hydrogen (secondary N) is 1. The van der Waals surface area contributed by atoms with Crippen molar-refractivity contribution < 1.29 is 38.6 Å². The zero-order valence-corrected chi connectivity index (χ0v) is 15.8. The number of carboxylic acids is 2. The lowest BCUT2D eigenvalue weighted by Crippen LogP contribution is -2.34. The normalized spacial score (nSPS) is 11.1. The number of aliphatic carboxylic acids is 2. The van der Waals surface area contributed by atoms with Crippen LogP contribution in [0.4, 0.5) is 10.5 Å². The summed E-state index contributed by atoms with van der Waals surface area (Å²) in [4.78, 5) is 28.7. The molecule has 0 aliphatic heterocycles. The van der Waals surface area contributed by atoms with Crippen LogP contribution in [0.15, 0.2) is 22.7 Å². The fraction of sp³-hybridized carbons (Fsp3) is 0.412. The molecule has 0 bridgehead atoms.